The average molecular weight is 349 g/mol. The number of fused-ring (bicyclic) bond motifs is 1. The van der Waals surface area contributed by atoms with Crippen LogP contribution in [-0.4, -0.2) is 49.6 Å². The first-order chi connectivity index (χ1) is 12.0. The van der Waals surface area contributed by atoms with Crippen LogP contribution in [0.3, 0.4) is 0 Å². The van der Waals surface area contributed by atoms with Crippen LogP contribution >= 0.6 is 0 Å². The molecule has 2 fully saturated rings. The highest BCUT2D eigenvalue weighted by Gasteiger charge is 2.50. The van der Waals surface area contributed by atoms with Crippen LogP contribution < -0.4 is 9.47 Å². The summed E-state index contributed by atoms with van der Waals surface area (Å²) < 4.78 is 15.8. The van der Waals surface area contributed by atoms with E-state index in [2.05, 4.69) is 0 Å². The Labute approximate surface area is 148 Å². The molecule has 0 unspecified atom stereocenters. The van der Waals surface area contributed by atoms with Crippen molar-refractivity contribution in [3.63, 3.8) is 0 Å². The highest BCUT2D eigenvalue weighted by Crippen LogP contribution is 2.50. The lowest BCUT2D eigenvalue weighted by Crippen LogP contribution is -2.56. The van der Waals surface area contributed by atoms with Crippen LogP contribution in [0, 0.1) is 5.92 Å². The first kappa shape index (κ1) is 17.9. The average Bonchev–Trinajstić information content (AvgIpc) is 2.65. The molecule has 1 amide bonds. The second-order valence-corrected chi connectivity index (χ2v) is 6.93. The summed E-state index contributed by atoms with van der Waals surface area (Å²) in [6, 6.07) is 5.47. The van der Waals surface area contributed by atoms with Gasteiger partial charge in [-0.3, -0.25) is 0 Å². The fourth-order valence-corrected chi connectivity index (χ4v) is 4.45. The summed E-state index contributed by atoms with van der Waals surface area (Å²) in [5.41, 5.74) is 0.216. The Morgan fingerprint density at radius 2 is 1.92 bits per heavy atom. The normalized spacial score (nSPS) is 28.9. The van der Waals surface area contributed by atoms with Crippen LogP contribution in [-0.2, 0) is 4.74 Å². The van der Waals surface area contributed by atoms with Crippen LogP contribution in [0.25, 0.3) is 0 Å². The number of likely N-dealkylation sites (tertiary alicyclic amines) is 1. The van der Waals surface area contributed by atoms with Gasteiger partial charge in [0, 0.05) is 12.5 Å². The van der Waals surface area contributed by atoms with Gasteiger partial charge in [-0.1, -0.05) is 18.9 Å². The maximum Gasteiger partial charge on any atom is 0.410 e. The molecule has 6 heteroatoms. The lowest BCUT2D eigenvalue weighted by Gasteiger charge is -2.52. The van der Waals surface area contributed by atoms with Gasteiger partial charge in [-0.25, -0.2) is 4.79 Å². The molecule has 1 heterocycles. The largest absolute Gasteiger partial charge is 0.493 e. The number of ether oxygens (including phenoxy) is 3. The van der Waals surface area contributed by atoms with Crippen LogP contribution in [0.1, 0.15) is 43.7 Å². The molecule has 3 atom stereocenters. The minimum Gasteiger partial charge on any atom is -0.493 e. The van der Waals surface area contributed by atoms with Gasteiger partial charge in [-0.15, -0.1) is 0 Å². The van der Waals surface area contributed by atoms with E-state index in [4.69, 9.17) is 14.2 Å². The second kappa shape index (κ2) is 7.12. The fraction of sp³-hybridized carbons (Fsp3) is 0.632. The SMILES string of the molecule is COC(=O)N1CC[C@]2(O)CCCC[C@H]2[C@H]1c1ccc(OC)c(OC)c1. The van der Waals surface area contributed by atoms with E-state index < -0.39 is 5.60 Å². The molecular weight excluding hydrogens is 322 g/mol. The lowest BCUT2D eigenvalue weighted by atomic mass is 9.66. The van der Waals surface area contributed by atoms with E-state index in [1.807, 2.05) is 18.2 Å². The van der Waals surface area contributed by atoms with Crippen LogP contribution in [0.4, 0.5) is 4.79 Å². The van der Waals surface area contributed by atoms with E-state index in [-0.39, 0.29) is 18.1 Å². The maximum absolute atomic E-state index is 12.4. The second-order valence-electron chi connectivity index (χ2n) is 6.93. The Morgan fingerprint density at radius 1 is 1.16 bits per heavy atom. The molecular formula is C19H27NO5. The molecule has 1 aromatic rings. The zero-order valence-corrected chi connectivity index (χ0v) is 15.2. The smallest absolute Gasteiger partial charge is 0.410 e. The highest BCUT2D eigenvalue weighted by molar-refractivity contribution is 5.68. The molecule has 6 nitrogen and oxygen atoms in total. The summed E-state index contributed by atoms with van der Waals surface area (Å²) in [5.74, 6) is 1.26. The summed E-state index contributed by atoms with van der Waals surface area (Å²) in [6.45, 7) is 0.485. The molecule has 3 rings (SSSR count). The van der Waals surface area contributed by atoms with Crippen LogP contribution in [0.2, 0.25) is 0 Å². The van der Waals surface area contributed by atoms with Crippen molar-refractivity contribution in [1.29, 1.82) is 0 Å². The Hall–Kier alpha value is -1.95. The number of hydrogen-bond donors (Lipinski definition) is 1. The summed E-state index contributed by atoms with van der Waals surface area (Å²) in [4.78, 5) is 14.1. The monoisotopic (exact) mass is 349 g/mol. The van der Waals surface area contributed by atoms with E-state index in [0.717, 1.165) is 31.2 Å². The van der Waals surface area contributed by atoms with Gasteiger partial charge in [0.25, 0.3) is 0 Å². The number of benzene rings is 1. The van der Waals surface area contributed by atoms with Gasteiger partial charge in [-0.2, -0.15) is 0 Å². The van der Waals surface area contributed by atoms with Crippen molar-refractivity contribution in [1.82, 2.24) is 4.90 Å². The number of rotatable bonds is 3. The zero-order valence-electron chi connectivity index (χ0n) is 15.2. The molecule has 138 valence electrons. The number of aliphatic hydroxyl groups is 1. The minimum atomic E-state index is -0.722. The van der Waals surface area contributed by atoms with Gasteiger partial charge in [0.05, 0.1) is 33.0 Å². The molecule has 0 radical (unpaired) electrons. The molecule has 1 aliphatic carbocycles. The molecule has 0 aromatic heterocycles. The van der Waals surface area contributed by atoms with Gasteiger partial charge in [0.2, 0.25) is 0 Å². The van der Waals surface area contributed by atoms with Gasteiger partial charge < -0.3 is 24.2 Å². The van der Waals surface area contributed by atoms with Crippen LogP contribution in [0.5, 0.6) is 11.5 Å². The predicted molar refractivity (Wildman–Crippen MR) is 92.9 cm³/mol. The maximum atomic E-state index is 12.4. The van der Waals surface area contributed by atoms with E-state index in [9.17, 15) is 9.90 Å². The number of methoxy groups -OCH3 is 3. The van der Waals surface area contributed by atoms with E-state index in [0.29, 0.717) is 24.5 Å². The third-order valence-corrected chi connectivity index (χ3v) is 5.73. The molecule has 1 aliphatic heterocycles. The van der Waals surface area contributed by atoms with E-state index in [1.165, 1.54) is 7.11 Å². The van der Waals surface area contributed by atoms with Crippen molar-refractivity contribution in [2.75, 3.05) is 27.9 Å². The Balaban J connectivity index is 2.04. The molecule has 1 N–H and O–H groups in total. The zero-order chi connectivity index (χ0) is 18.0. The summed E-state index contributed by atoms with van der Waals surface area (Å²) in [7, 11) is 4.59. The van der Waals surface area contributed by atoms with Crippen LogP contribution in [0.15, 0.2) is 18.2 Å². The molecule has 1 aromatic carbocycles. The predicted octanol–water partition coefficient (Wildman–Crippen LogP) is 3.14. The third kappa shape index (κ3) is 3.15. The fourth-order valence-electron chi connectivity index (χ4n) is 4.45. The van der Waals surface area contributed by atoms with Gasteiger partial charge in [0.15, 0.2) is 11.5 Å². The van der Waals surface area contributed by atoms with E-state index >= 15 is 0 Å². The van der Waals surface area contributed by atoms with Crippen molar-refractivity contribution in [3.05, 3.63) is 23.8 Å². The molecule has 2 aliphatic rings. The van der Waals surface area contributed by atoms with E-state index in [1.54, 1.807) is 19.1 Å². The number of hydrogen-bond acceptors (Lipinski definition) is 5. The topological polar surface area (TPSA) is 68.2 Å². The Morgan fingerprint density at radius 3 is 2.60 bits per heavy atom. The summed E-state index contributed by atoms with van der Waals surface area (Å²) >= 11 is 0. The van der Waals surface area contributed by atoms with Crippen molar-refractivity contribution in [3.8, 4) is 11.5 Å². The lowest BCUT2D eigenvalue weighted by molar-refractivity contribution is -0.117. The van der Waals surface area contributed by atoms with Crippen molar-refractivity contribution >= 4 is 6.09 Å². The number of nitrogens with zero attached hydrogens (tertiary/aromatic N) is 1. The number of amides is 1. The number of carbonyl (C=O) groups excluding carboxylic acids is 1. The molecule has 0 spiro atoms. The highest BCUT2D eigenvalue weighted by atomic mass is 16.5. The van der Waals surface area contributed by atoms with Crippen molar-refractivity contribution in [2.24, 2.45) is 5.92 Å². The minimum absolute atomic E-state index is 0.00722. The van der Waals surface area contributed by atoms with Gasteiger partial charge >= 0.3 is 6.09 Å². The number of piperidine rings is 1. The quantitative estimate of drug-likeness (QED) is 0.908. The first-order valence-corrected chi connectivity index (χ1v) is 8.83. The standard InChI is InChI=1S/C19H27NO5/c1-23-15-8-7-13(12-16(15)24-2)17-14-6-4-5-9-19(14,22)10-11-20(17)18(21)25-3/h7-8,12,14,17,22H,4-6,9-11H2,1-3H3/t14-,17+,19+/m0/s1. The van der Waals surface area contributed by atoms with Crippen molar-refractivity contribution in [2.45, 2.75) is 43.7 Å². The van der Waals surface area contributed by atoms with Gasteiger partial charge in [0.1, 0.15) is 0 Å². The van der Waals surface area contributed by atoms with Gasteiger partial charge in [-0.05, 0) is 37.0 Å². The molecule has 25 heavy (non-hydrogen) atoms. The number of carbonyl (C=O) groups is 1. The molecule has 1 saturated carbocycles. The van der Waals surface area contributed by atoms with Crippen molar-refractivity contribution < 1.29 is 24.1 Å². The Bertz CT molecular complexity index is 634. The summed E-state index contributed by atoms with van der Waals surface area (Å²) in [5, 5.41) is 11.2. The molecule has 1 saturated heterocycles. The third-order valence-electron chi connectivity index (χ3n) is 5.73. The molecule has 0 bridgehead atoms. The Kier molecular flexibility index (Phi) is 5.08. The summed E-state index contributed by atoms with van der Waals surface area (Å²) in [6.07, 6.45) is 4.01. The first-order valence-electron chi connectivity index (χ1n) is 8.83.